The van der Waals surface area contributed by atoms with E-state index in [1.165, 1.54) is 17.3 Å². The Kier molecular flexibility index (Phi) is 3.56. The van der Waals surface area contributed by atoms with Crippen LogP contribution in [-0.2, 0) is 0 Å². The number of benzene rings is 1. The van der Waals surface area contributed by atoms with Crippen LogP contribution in [0, 0.1) is 0 Å². The molecule has 0 saturated heterocycles. The number of nitrogens with one attached hydrogen (secondary N) is 1. The van der Waals surface area contributed by atoms with Gasteiger partial charge in [0, 0.05) is 5.69 Å². The minimum atomic E-state index is -0.0719. The van der Waals surface area contributed by atoms with Crippen LogP contribution < -0.4 is 5.32 Å². The van der Waals surface area contributed by atoms with Gasteiger partial charge in [0.05, 0.1) is 0 Å². The maximum atomic E-state index is 4.93. The van der Waals surface area contributed by atoms with Crippen LogP contribution in [0.5, 0.6) is 0 Å². The fourth-order valence-electron chi connectivity index (χ4n) is 1.41. The summed E-state index contributed by atoms with van der Waals surface area (Å²) >= 11 is 6.39. The molecule has 1 aliphatic heterocycles. The van der Waals surface area contributed by atoms with Gasteiger partial charge >= 0.3 is 0 Å². The number of nitrogens with zero attached hydrogens (tertiary/aromatic N) is 2. The summed E-state index contributed by atoms with van der Waals surface area (Å²) < 4.78 is 0.594. The molecule has 1 aliphatic rings. The number of thioether (sulfide) groups is 1. The van der Waals surface area contributed by atoms with Crippen molar-refractivity contribution in [3.8, 4) is 0 Å². The first kappa shape index (κ1) is 11.5. The molecule has 0 bridgehead atoms. The van der Waals surface area contributed by atoms with Crippen molar-refractivity contribution in [2.45, 2.75) is 25.3 Å². The summed E-state index contributed by atoms with van der Waals surface area (Å²) in [5.74, 6) is 0.558. The van der Waals surface area contributed by atoms with E-state index in [1.54, 1.807) is 0 Å². The van der Waals surface area contributed by atoms with Crippen molar-refractivity contribution in [2.75, 3.05) is 5.32 Å². The third-order valence-corrected chi connectivity index (χ3v) is 3.41. The first-order valence-electron chi connectivity index (χ1n) is 5.13. The number of hydrogen-bond acceptors (Lipinski definition) is 4. The van der Waals surface area contributed by atoms with Gasteiger partial charge in [-0.2, -0.15) is 0 Å². The van der Waals surface area contributed by atoms with E-state index in [1.807, 2.05) is 0 Å². The van der Waals surface area contributed by atoms with Crippen LogP contribution in [0.3, 0.4) is 0 Å². The van der Waals surface area contributed by atoms with Crippen molar-refractivity contribution < 1.29 is 0 Å². The molecule has 0 spiro atoms. The first-order chi connectivity index (χ1) is 7.65. The third kappa shape index (κ3) is 2.80. The zero-order valence-electron chi connectivity index (χ0n) is 9.18. The van der Waals surface area contributed by atoms with E-state index in [4.69, 9.17) is 12.2 Å². The van der Waals surface area contributed by atoms with Crippen molar-refractivity contribution >= 4 is 34.0 Å². The fourth-order valence-corrected chi connectivity index (χ4v) is 2.30. The largest absolute Gasteiger partial charge is 0.354 e. The number of anilines is 1. The second-order valence-electron chi connectivity index (χ2n) is 3.87. The Bertz CT molecular complexity index is 412. The molecule has 84 valence electrons. The van der Waals surface area contributed by atoms with Gasteiger partial charge in [-0.3, -0.25) is 0 Å². The molecular formula is C11H13N3S2. The van der Waals surface area contributed by atoms with Crippen LogP contribution in [0.1, 0.15) is 25.3 Å². The van der Waals surface area contributed by atoms with Crippen molar-refractivity contribution in [3.05, 3.63) is 29.8 Å². The quantitative estimate of drug-likeness (QED) is 0.825. The lowest BCUT2D eigenvalue weighted by Crippen LogP contribution is -2.09. The monoisotopic (exact) mass is 251 g/mol. The van der Waals surface area contributed by atoms with Crippen LogP contribution in [0.2, 0.25) is 0 Å². The van der Waals surface area contributed by atoms with Gasteiger partial charge in [-0.25, -0.2) is 0 Å². The molecule has 1 unspecified atom stereocenters. The Morgan fingerprint density at radius 1 is 1.31 bits per heavy atom. The van der Waals surface area contributed by atoms with Crippen LogP contribution >= 0.6 is 24.0 Å². The maximum Gasteiger partial charge on any atom is 0.194 e. The molecule has 1 aromatic carbocycles. The minimum absolute atomic E-state index is 0.0719. The van der Waals surface area contributed by atoms with Gasteiger partial charge < -0.3 is 5.32 Å². The number of hydrogen-bond donors (Lipinski definition) is 1. The molecule has 0 aliphatic carbocycles. The smallest absolute Gasteiger partial charge is 0.194 e. The topological polar surface area (TPSA) is 36.8 Å². The van der Waals surface area contributed by atoms with Gasteiger partial charge in [0.1, 0.15) is 0 Å². The first-order valence-corrected chi connectivity index (χ1v) is 6.42. The van der Waals surface area contributed by atoms with E-state index < -0.39 is 0 Å². The van der Waals surface area contributed by atoms with E-state index in [9.17, 15) is 0 Å². The molecule has 1 heterocycles. The highest BCUT2D eigenvalue weighted by Gasteiger charge is 2.16. The molecule has 0 amide bonds. The Morgan fingerprint density at radius 2 is 2.00 bits per heavy atom. The molecule has 0 aromatic heterocycles. The standard InChI is InChI=1S/C11H13N3S2/c1-7(2)8-3-5-9(6-4-8)12-10-13-14-11(15)16-10/h3-7,10,12H,1-2H3. The summed E-state index contributed by atoms with van der Waals surface area (Å²) in [4.78, 5) is 0. The highest BCUT2D eigenvalue weighted by Crippen LogP contribution is 2.25. The number of rotatable bonds is 3. The average molecular weight is 251 g/mol. The lowest BCUT2D eigenvalue weighted by atomic mass is 10.0. The molecule has 1 N–H and O–H groups in total. The summed E-state index contributed by atoms with van der Waals surface area (Å²) in [6.07, 6.45) is 0. The SMILES string of the molecule is CC(C)c1ccc(NC2N=NC(=S)S2)cc1. The van der Waals surface area contributed by atoms with Gasteiger partial charge in [0.15, 0.2) is 9.82 Å². The van der Waals surface area contributed by atoms with E-state index in [2.05, 4.69) is 53.7 Å². The van der Waals surface area contributed by atoms with Gasteiger partial charge in [-0.05, 0) is 47.6 Å². The molecule has 3 nitrogen and oxygen atoms in total. The van der Waals surface area contributed by atoms with Crippen LogP contribution in [0.4, 0.5) is 5.69 Å². The summed E-state index contributed by atoms with van der Waals surface area (Å²) in [6.45, 7) is 4.36. The van der Waals surface area contributed by atoms with Crippen molar-refractivity contribution in [1.82, 2.24) is 0 Å². The molecule has 16 heavy (non-hydrogen) atoms. The van der Waals surface area contributed by atoms with Gasteiger partial charge in [0.25, 0.3) is 0 Å². The second kappa shape index (κ2) is 4.93. The van der Waals surface area contributed by atoms with Crippen LogP contribution in [0.25, 0.3) is 0 Å². The predicted molar refractivity (Wildman–Crippen MR) is 73.0 cm³/mol. The van der Waals surface area contributed by atoms with E-state index in [-0.39, 0.29) is 5.50 Å². The van der Waals surface area contributed by atoms with Gasteiger partial charge in [-0.15, -0.1) is 10.2 Å². The molecule has 0 saturated carbocycles. The summed E-state index contributed by atoms with van der Waals surface area (Å²) in [7, 11) is 0. The fraction of sp³-hybridized carbons (Fsp3) is 0.364. The summed E-state index contributed by atoms with van der Waals surface area (Å²) in [5.41, 5.74) is 2.31. The summed E-state index contributed by atoms with van der Waals surface area (Å²) in [6, 6.07) is 8.38. The van der Waals surface area contributed by atoms with E-state index in [0.29, 0.717) is 10.2 Å². The van der Waals surface area contributed by atoms with E-state index in [0.717, 1.165) is 5.69 Å². The second-order valence-corrected chi connectivity index (χ2v) is 5.59. The zero-order chi connectivity index (χ0) is 11.5. The zero-order valence-corrected chi connectivity index (χ0v) is 10.8. The van der Waals surface area contributed by atoms with Crippen molar-refractivity contribution in [2.24, 2.45) is 10.2 Å². The highest BCUT2D eigenvalue weighted by molar-refractivity contribution is 8.23. The highest BCUT2D eigenvalue weighted by atomic mass is 32.2. The van der Waals surface area contributed by atoms with Crippen LogP contribution in [0.15, 0.2) is 34.5 Å². The lowest BCUT2D eigenvalue weighted by molar-refractivity contribution is 0.866. The Labute approximate surface area is 105 Å². The molecule has 1 atom stereocenters. The van der Waals surface area contributed by atoms with Crippen molar-refractivity contribution in [1.29, 1.82) is 0 Å². The van der Waals surface area contributed by atoms with Gasteiger partial charge in [-0.1, -0.05) is 26.0 Å². The number of azo groups is 1. The average Bonchev–Trinajstić information content (AvgIpc) is 2.65. The minimum Gasteiger partial charge on any atom is -0.354 e. The Morgan fingerprint density at radius 3 is 2.50 bits per heavy atom. The Hall–Kier alpha value is -0.940. The molecule has 0 radical (unpaired) electrons. The molecule has 2 rings (SSSR count). The summed E-state index contributed by atoms with van der Waals surface area (Å²) in [5, 5.41) is 11.1. The normalized spacial score (nSPS) is 19.4. The molecule has 1 aromatic rings. The molecule has 5 heteroatoms. The predicted octanol–water partition coefficient (Wildman–Crippen LogP) is 3.99. The number of thiocarbonyl (C=S) groups is 1. The van der Waals surface area contributed by atoms with Crippen LogP contribution in [-0.4, -0.2) is 9.82 Å². The maximum absolute atomic E-state index is 4.93. The molecular weight excluding hydrogens is 238 g/mol. The van der Waals surface area contributed by atoms with Crippen molar-refractivity contribution in [3.63, 3.8) is 0 Å². The Balaban J connectivity index is 2.00. The van der Waals surface area contributed by atoms with E-state index >= 15 is 0 Å². The third-order valence-electron chi connectivity index (χ3n) is 2.32. The molecule has 0 fully saturated rings. The van der Waals surface area contributed by atoms with Gasteiger partial charge in [0.2, 0.25) is 0 Å². The lowest BCUT2D eigenvalue weighted by Gasteiger charge is -2.10.